The molecule has 0 unspecified atom stereocenters. The zero-order chi connectivity index (χ0) is 18.1. The molecule has 1 saturated carbocycles. The minimum atomic E-state index is -0.159. The second-order valence-corrected chi connectivity index (χ2v) is 7.00. The third-order valence-corrected chi connectivity index (χ3v) is 4.93. The van der Waals surface area contributed by atoms with Crippen LogP contribution >= 0.6 is 0 Å². The minimum Gasteiger partial charge on any atom is -0.324 e. The summed E-state index contributed by atoms with van der Waals surface area (Å²) in [5.74, 6) is 0.569. The summed E-state index contributed by atoms with van der Waals surface area (Å²) in [7, 11) is 1.87. The van der Waals surface area contributed by atoms with E-state index >= 15 is 0 Å². The van der Waals surface area contributed by atoms with Gasteiger partial charge in [-0.05, 0) is 30.5 Å². The lowest BCUT2D eigenvalue weighted by Crippen LogP contribution is -2.28. The van der Waals surface area contributed by atoms with Crippen LogP contribution in [-0.2, 0) is 16.6 Å². The summed E-state index contributed by atoms with van der Waals surface area (Å²) in [5, 5.41) is 13.2. The van der Waals surface area contributed by atoms with Gasteiger partial charge in [-0.2, -0.15) is 5.10 Å². The maximum atomic E-state index is 12.7. The van der Waals surface area contributed by atoms with Crippen molar-refractivity contribution in [3.8, 4) is 0 Å². The number of rotatable bonds is 5. The molecule has 26 heavy (non-hydrogen) atoms. The smallest absolute Gasteiger partial charge is 0.229 e. The molecule has 2 atom stereocenters. The number of aryl methyl sites for hydroxylation is 1. The zero-order valence-electron chi connectivity index (χ0n) is 14.6. The Bertz CT molecular complexity index is 811. The van der Waals surface area contributed by atoms with Crippen LogP contribution in [0, 0.1) is 11.8 Å². The average molecular weight is 354 g/mol. The molecule has 2 amide bonds. The van der Waals surface area contributed by atoms with E-state index in [0.717, 1.165) is 24.9 Å². The molecule has 8 nitrogen and oxygen atoms in total. The van der Waals surface area contributed by atoms with Gasteiger partial charge in [-0.15, -0.1) is 0 Å². The maximum absolute atomic E-state index is 12.7. The van der Waals surface area contributed by atoms with Crippen LogP contribution in [0.4, 0.5) is 11.5 Å². The largest absolute Gasteiger partial charge is 0.324 e. The van der Waals surface area contributed by atoms with Gasteiger partial charge in [-0.1, -0.05) is 0 Å². The summed E-state index contributed by atoms with van der Waals surface area (Å²) < 4.78 is 1.75. The molecular formula is C18H22N6O2. The van der Waals surface area contributed by atoms with E-state index < -0.39 is 0 Å². The Morgan fingerprint density at radius 2 is 2.00 bits per heavy atom. The SMILES string of the molecule is Cn1cc([C@H]2CNC[C@@H]2C(=O)Nc2ccc(NC(=O)C3CC3)nc2)cn1. The Hall–Kier alpha value is -2.74. The molecule has 2 aromatic heterocycles. The van der Waals surface area contributed by atoms with E-state index in [1.54, 1.807) is 23.0 Å². The molecule has 0 spiro atoms. The fourth-order valence-corrected chi connectivity index (χ4v) is 3.29. The second-order valence-electron chi connectivity index (χ2n) is 7.00. The fourth-order valence-electron chi connectivity index (χ4n) is 3.29. The van der Waals surface area contributed by atoms with E-state index in [2.05, 4.69) is 26.0 Å². The van der Waals surface area contributed by atoms with Crippen molar-refractivity contribution in [3.63, 3.8) is 0 Å². The summed E-state index contributed by atoms with van der Waals surface area (Å²) in [4.78, 5) is 28.7. The summed E-state index contributed by atoms with van der Waals surface area (Å²) in [5.41, 5.74) is 1.69. The van der Waals surface area contributed by atoms with Gasteiger partial charge in [0.2, 0.25) is 11.8 Å². The van der Waals surface area contributed by atoms with Crippen molar-refractivity contribution in [2.24, 2.45) is 18.9 Å². The van der Waals surface area contributed by atoms with Crippen molar-refractivity contribution < 1.29 is 9.59 Å². The Kier molecular flexibility index (Phi) is 4.42. The van der Waals surface area contributed by atoms with Gasteiger partial charge in [0.15, 0.2) is 0 Å². The number of nitrogens with zero attached hydrogens (tertiary/aromatic N) is 3. The number of hydrogen-bond acceptors (Lipinski definition) is 5. The molecule has 3 N–H and O–H groups in total. The van der Waals surface area contributed by atoms with Crippen LogP contribution in [0.1, 0.15) is 24.3 Å². The number of amides is 2. The number of nitrogens with one attached hydrogen (secondary N) is 3. The first-order chi connectivity index (χ1) is 12.6. The number of anilines is 2. The molecule has 2 aromatic rings. The van der Waals surface area contributed by atoms with Crippen LogP contribution in [0.2, 0.25) is 0 Å². The highest BCUT2D eigenvalue weighted by molar-refractivity contribution is 5.95. The number of carbonyl (C=O) groups is 2. The predicted molar refractivity (Wildman–Crippen MR) is 96.5 cm³/mol. The Morgan fingerprint density at radius 3 is 2.65 bits per heavy atom. The van der Waals surface area contributed by atoms with Gasteiger partial charge >= 0.3 is 0 Å². The molecule has 136 valence electrons. The van der Waals surface area contributed by atoms with Gasteiger partial charge in [0.1, 0.15) is 5.82 Å². The standard InChI is InChI=1S/C18H22N6O2/c1-24-10-12(6-21-24)14-8-19-9-15(14)18(26)22-13-4-5-16(20-7-13)23-17(25)11-2-3-11/h4-7,10-11,14-15,19H,2-3,8-9H2,1H3,(H,22,26)(H,20,23,25)/t14-,15+/m1/s1. The Balaban J connectivity index is 1.38. The van der Waals surface area contributed by atoms with Gasteiger partial charge < -0.3 is 16.0 Å². The Morgan fingerprint density at radius 1 is 1.15 bits per heavy atom. The van der Waals surface area contributed by atoms with Crippen molar-refractivity contribution >= 4 is 23.3 Å². The van der Waals surface area contributed by atoms with Crippen LogP contribution in [0.25, 0.3) is 0 Å². The number of carbonyl (C=O) groups excluding carboxylic acids is 2. The molecule has 1 saturated heterocycles. The zero-order valence-corrected chi connectivity index (χ0v) is 14.6. The van der Waals surface area contributed by atoms with Crippen LogP contribution in [0.5, 0.6) is 0 Å². The van der Waals surface area contributed by atoms with E-state index in [1.165, 1.54) is 0 Å². The van der Waals surface area contributed by atoms with Gasteiger partial charge in [0.25, 0.3) is 0 Å². The van der Waals surface area contributed by atoms with Gasteiger partial charge in [-0.3, -0.25) is 14.3 Å². The molecule has 2 aliphatic rings. The number of pyridine rings is 1. The third kappa shape index (κ3) is 3.60. The average Bonchev–Trinajstić information content (AvgIpc) is 3.21. The number of aromatic nitrogens is 3. The monoisotopic (exact) mass is 354 g/mol. The third-order valence-electron chi connectivity index (χ3n) is 4.93. The summed E-state index contributed by atoms with van der Waals surface area (Å²) in [6.07, 6.45) is 7.25. The van der Waals surface area contributed by atoms with E-state index in [1.807, 2.05) is 19.4 Å². The van der Waals surface area contributed by atoms with E-state index in [-0.39, 0.29) is 29.6 Å². The lowest BCUT2D eigenvalue weighted by Gasteiger charge is -2.17. The minimum absolute atomic E-state index is 0.0191. The summed E-state index contributed by atoms with van der Waals surface area (Å²) in [6, 6.07) is 3.47. The first-order valence-corrected chi connectivity index (χ1v) is 8.87. The molecule has 8 heteroatoms. The maximum Gasteiger partial charge on any atom is 0.229 e. The van der Waals surface area contributed by atoms with Gasteiger partial charge in [0, 0.05) is 38.2 Å². The fraction of sp³-hybridized carbons (Fsp3) is 0.444. The molecule has 0 radical (unpaired) electrons. The summed E-state index contributed by atoms with van der Waals surface area (Å²) >= 11 is 0. The number of hydrogen-bond donors (Lipinski definition) is 3. The van der Waals surface area contributed by atoms with Crippen LogP contribution < -0.4 is 16.0 Å². The molecule has 4 rings (SSSR count). The molecule has 0 aromatic carbocycles. The van der Waals surface area contributed by atoms with Crippen LogP contribution in [0.3, 0.4) is 0 Å². The molecule has 0 bridgehead atoms. The molecule has 1 aliphatic carbocycles. The lowest BCUT2D eigenvalue weighted by molar-refractivity contribution is -0.120. The van der Waals surface area contributed by atoms with Crippen molar-refractivity contribution in [2.45, 2.75) is 18.8 Å². The predicted octanol–water partition coefficient (Wildman–Crippen LogP) is 1.11. The van der Waals surface area contributed by atoms with E-state index in [0.29, 0.717) is 18.1 Å². The van der Waals surface area contributed by atoms with Crippen LogP contribution in [-0.4, -0.2) is 39.7 Å². The van der Waals surface area contributed by atoms with Crippen LogP contribution in [0.15, 0.2) is 30.7 Å². The lowest BCUT2D eigenvalue weighted by atomic mass is 9.90. The second kappa shape index (κ2) is 6.87. The van der Waals surface area contributed by atoms with Crippen molar-refractivity contribution in [1.29, 1.82) is 0 Å². The van der Waals surface area contributed by atoms with Gasteiger partial charge in [-0.25, -0.2) is 4.98 Å². The molecule has 2 fully saturated rings. The first-order valence-electron chi connectivity index (χ1n) is 8.87. The highest BCUT2D eigenvalue weighted by Crippen LogP contribution is 2.30. The van der Waals surface area contributed by atoms with E-state index in [4.69, 9.17) is 0 Å². The van der Waals surface area contributed by atoms with Crippen molar-refractivity contribution in [3.05, 3.63) is 36.3 Å². The Labute approximate surface area is 151 Å². The quantitative estimate of drug-likeness (QED) is 0.747. The highest BCUT2D eigenvalue weighted by atomic mass is 16.2. The molecular weight excluding hydrogens is 332 g/mol. The van der Waals surface area contributed by atoms with Crippen molar-refractivity contribution in [2.75, 3.05) is 23.7 Å². The van der Waals surface area contributed by atoms with Gasteiger partial charge in [0.05, 0.1) is 24.0 Å². The molecule has 1 aliphatic heterocycles. The highest BCUT2D eigenvalue weighted by Gasteiger charge is 2.34. The van der Waals surface area contributed by atoms with E-state index in [9.17, 15) is 9.59 Å². The molecule has 3 heterocycles. The topological polar surface area (TPSA) is 101 Å². The first kappa shape index (κ1) is 16.7. The van der Waals surface area contributed by atoms with Crippen molar-refractivity contribution in [1.82, 2.24) is 20.1 Å². The normalized spacial score (nSPS) is 22.2. The summed E-state index contributed by atoms with van der Waals surface area (Å²) in [6.45, 7) is 1.39.